The van der Waals surface area contributed by atoms with E-state index < -0.39 is 24.2 Å². The highest BCUT2D eigenvalue weighted by atomic mass is 19.4. The number of amides is 2. The predicted molar refractivity (Wildman–Crippen MR) is 128 cm³/mol. The molecule has 0 radical (unpaired) electrons. The van der Waals surface area contributed by atoms with Crippen LogP contribution in [0.4, 0.5) is 24.7 Å². The van der Waals surface area contributed by atoms with Crippen molar-refractivity contribution < 1.29 is 27.5 Å². The lowest BCUT2D eigenvalue weighted by molar-refractivity contribution is -0.173. The first-order valence-electron chi connectivity index (χ1n) is 11.5. The first kappa shape index (κ1) is 25.1. The van der Waals surface area contributed by atoms with Gasteiger partial charge in [-0.25, -0.2) is 4.68 Å². The molecule has 4 rings (SSSR count). The molecule has 2 heterocycles. The van der Waals surface area contributed by atoms with E-state index in [4.69, 9.17) is 4.74 Å². The van der Waals surface area contributed by atoms with Gasteiger partial charge in [0.25, 0.3) is 5.91 Å². The first-order valence-corrected chi connectivity index (χ1v) is 11.5. The number of nitrogens with one attached hydrogen (secondary N) is 3. The average molecular weight is 502 g/mol. The minimum atomic E-state index is -4.52. The van der Waals surface area contributed by atoms with Crippen LogP contribution >= 0.6 is 0 Å². The average Bonchev–Trinajstić information content (AvgIpc) is 3.27. The van der Waals surface area contributed by atoms with Crippen molar-refractivity contribution in [1.29, 1.82) is 0 Å². The molecule has 8 nitrogen and oxygen atoms in total. The molecule has 1 aliphatic rings. The van der Waals surface area contributed by atoms with Crippen LogP contribution in [-0.4, -0.2) is 40.9 Å². The minimum Gasteiger partial charge on any atom is -0.493 e. The summed E-state index contributed by atoms with van der Waals surface area (Å²) in [6.45, 7) is 1.95. The van der Waals surface area contributed by atoms with Crippen molar-refractivity contribution in [3.05, 3.63) is 71.9 Å². The van der Waals surface area contributed by atoms with Crippen LogP contribution in [0.15, 0.2) is 60.8 Å². The lowest BCUT2D eigenvalue weighted by Crippen LogP contribution is -2.36. The maximum absolute atomic E-state index is 13.8. The van der Waals surface area contributed by atoms with Gasteiger partial charge in [-0.05, 0) is 24.1 Å². The molecule has 0 bridgehead atoms. The SMILES string of the molecule is CC(=O)Nc1cccc(OCCCNC(=O)c2cnn3c2NC(c2ccccc2)CC3C(F)(F)F)c1. The van der Waals surface area contributed by atoms with Gasteiger partial charge >= 0.3 is 6.18 Å². The van der Waals surface area contributed by atoms with Crippen molar-refractivity contribution in [3.63, 3.8) is 0 Å². The molecule has 190 valence electrons. The number of anilines is 2. The van der Waals surface area contributed by atoms with Crippen LogP contribution in [0.25, 0.3) is 0 Å². The van der Waals surface area contributed by atoms with Gasteiger partial charge in [-0.3, -0.25) is 9.59 Å². The van der Waals surface area contributed by atoms with E-state index in [1.165, 1.54) is 6.92 Å². The molecule has 0 aliphatic carbocycles. The third kappa shape index (κ3) is 5.96. The predicted octanol–water partition coefficient (Wildman–Crippen LogP) is 4.70. The van der Waals surface area contributed by atoms with E-state index >= 15 is 0 Å². The number of halogens is 3. The second-order valence-electron chi connectivity index (χ2n) is 8.42. The van der Waals surface area contributed by atoms with Crippen molar-refractivity contribution in [2.75, 3.05) is 23.8 Å². The van der Waals surface area contributed by atoms with Gasteiger partial charge in [-0.1, -0.05) is 36.4 Å². The summed E-state index contributed by atoms with van der Waals surface area (Å²) >= 11 is 0. The summed E-state index contributed by atoms with van der Waals surface area (Å²) in [5.41, 5.74) is 1.36. The van der Waals surface area contributed by atoms with Gasteiger partial charge in [0.05, 0.1) is 18.8 Å². The van der Waals surface area contributed by atoms with Crippen LogP contribution in [0.3, 0.4) is 0 Å². The number of alkyl halides is 3. The number of hydrogen-bond acceptors (Lipinski definition) is 5. The van der Waals surface area contributed by atoms with Crippen molar-refractivity contribution in [2.24, 2.45) is 0 Å². The number of benzene rings is 2. The normalized spacial score (nSPS) is 17.0. The molecule has 11 heteroatoms. The van der Waals surface area contributed by atoms with E-state index in [-0.39, 0.29) is 30.3 Å². The molecule has 2 amide bonds. The topological polar surface area (TPSA) is 97.3 Å². The fourth-order valence-electron chi connectivity index (χ4n) is 4.06. The van der Waals surface area contributed by atoms with Gasteiger partial charge in [0.1, 0.15) is 17.1 Å². The maximum Gasteiger partial charge on any atom is 0.410 e. The number of nitrogens with zero attached hydrogens (tertiary/aromatic N) is 2. The molecule has 3 aromatic rings. The highest BCUT2D eigenvalue weighted by Crippen LogP contribution is 2.44. The first-order chi connectivity index (χ1) is 17.2. The fourth-order valence-corrected chi connectivity index (χ4v) is 4.06. The van der Waals surface area contributed by atoms with Crippen molar-refractivity contribution in [1.82, 2.24) is 15.1 Å². The summed E-state index contributed by atoms with van der Waals surface area (Å²) < 4.78 is 47.9. The Morgan fingerprint density at radius 3 is 2.67 bits per heavy atom. The molecule has 2 atom stereocenters. The van der Waals surface area contributed by atoms with Crippen LogP contribution < -0.4 is 20.7 Å². The lowest BCUT2D eigenvalue weighted by atomic mass is 9.96. The van der Waals surface area contributed by atoms with Crippen LogP contribution in [0.5, 0.6) is 5.75 Å². The summed E-state index contributed by atoms with van der Waals surface area (Å²) in [7, 11) is 0. The Kier molecular flexibility index (Phi) is 7.47. The lowest BCUT2D eigenvalue weighted by Gasteiger charge is -2.34. The monoisotopic (exact) mass is 501 g/mol. The largest absolute Gasteiger partial charge is 0.493 e. The molecule has 0 saturated heterocycles. The molecule has 36 heavy (non-hydrogen) atoms. The zero-order valence-corrected chi connectivity index (χ0v) is 19.5. The van der Waals surface area contributed by atoms with Crippen molar-refractivity contribution >= 4 is 23.3 Å². The zero-order chi connectivity index (χ0) is 25.7. The second-order valence-corrected chi connectivity index (χ2v) is 8.42. The van der Waals surface area contributed by atoms with Crippen LogP contribution in [0, 0.1) is 0 Å². The van der Waals surface area contributed by atoms with E-state index in [0.29, 0.717) is 30.0 Å². The number of carbonyl (C=O) groups is 2. The Bertz CT molecular complexity index is 1210. The summed E-state index contributed by atoms with van der Waals surface area (Å²) in [5, 5.41) is 12.3. The summed E-state index contributed by atoms with van der Waals surface area (Å²) in [5.74, 6) is -0.108. The number of fused-ring (bicyclic) bond motifs is 1. The maximum atomic E-state index is 13.8. The summed E-state index contributed by atoms with van der Waals surface area (Å²) in [4.78, 5) is 24.0. The minimum absolute atomic E-state index is 0.0426. The molecule has 0 spiro atoms. The van der Waals surface area contributed by atoms with E-state index in [1.54, 1.807) is 54.6 Å². The van der Waals surface area contributed by atoms with E-state index in [2.05, 4.69) is 21.0 Å². The molecular weight excluding hydrogens is 475 g/mol. The van der Waals surface area contributed by atoms with E-state index in [0.717, 1.165) is 10.9 Å². The van der Waals surface area contributed by atoms with Crippen molar-refractivity contribution in [2.45, 2.75) is 38.0 Å². The number of hydrogen-bond donors (Lipinski definition) is 3. The van der Waals surface area contributed by atoms with Crippen LogP contribution in [0.1, 0.15) is 47.8 Å². The highest BCUT2D eigenvalue weighted by molar-refractivity contribution is 5.98. The molecule has 2 aromatic carbocycles. The fraction of sp³-hybridized carbons (Fsp3) is 0.320. The van der Waals surface area contributed by atoms with E-state index in [1.807, 2.05) is 0 Å². The molecule has 2 unspecified atom stereocenters. The molecular formula is C25H26F3N5O3. The quantitative estimate of drug-likeness (QED) is 0.389. The van der Waals surface area contributed by atoms with Crippen LogP contribution in [-0.2, 0) is 4.79 Å². The van der Waals surface area contributed by atoms with Gasteiger partial charge in [-0.2, -0.15) is 18.3 Å². The van der Waals surface area contributed by atoms with Gasteiger partial charge in [0.2, 0.25) is 5.91 Å². The molecule has 0 saturated carbocycles. The number of ether oxygens (including phenoxy) is 1. The third-order valence-corrected chi connectivity index (χ3v) is 5.71. The van der Waals surface area contributed by atoms with Gasteiger partial charge < -0.3 is 20.7 Å². The van der Waals surface area contributed by atoms with Gasteiger partial charge in [0, 0.05) is 31.6 Å². The summed E-state index contributed by atoms with van der Waals surface area (Å²) in [6, 6.07) is 13.3. The Balaban J connectivity index is 1.37. The number of carbonyl (C=O) groups excluding carboxylic acids is 2. The smallest absolute Gasteiger partial charge is 0.410 e. The Hall–Kier alpha value is -4.02. The Morgan fingerprint density at radius 1 is 1.17 bits per heavy atom. The third-order valence-electron chi connectivity index (χ3n) is 5.71. The molecule has 3 N–H and O–H groups in total. The Labute approximate surface area is 205 Å². The number of aromatic nitrogens is 2. The highest BCUT2D eigenvalue weighted by Gasteiger charge is 2.47. The number of rotatable bonds is 8. The van der Waals surface area contributed by atoms with Crippen molar-refractivity contribution in [3.8, 4) is 5.75 Å². The van der Waals surface area contributed by atoms with Crippen LogP contribution in [0.2, 0.25) is 0 Å². The molecule has 1 aromatic heterocycles. The van der Waals surface area contributed by atoms with Gasteiger partial charge in [-0.15, -0.1) is 0 Å². The van der Waals surface area contributed by atoms with Gasteiger partial charge in [0.15, 0.2) is 6.04 Å². The molecule has 1 aliphatic heterocycles. The Morgan fingerprint density at radius 2 is 1.94 bits per heavy atom. The summed E-state index contributed by atoms with van der Waals surface area (Å²) in [6.07, 6.45) is -3.12. The van der Waals surface area contributed by atoms with E-state index in [9.17, 15) is 22.8 Å². The molecule has 0 fully saturated rings. The standard InChI is InChI=1S/C25H26F3N5O3/c1-16(34)31-18-9-5-10-19(13-18)36-12-6-11-29-24(35)20-15-30-33-22(25(26,27)28)14-21(32-23(20)33)17-7-3-2-4-8-17/h2-5,7-10,13,15,21-22,32H,6,11-12,14H2,1H3,(H,29,35)(H,31,34). The second kappa shape index (κ2) is 10.7. The zero-order valence-electron chi connectivity index (χ0n) is 19.5.